The van der Waals surface area contributed by atoms with Gasteiger partial charge in [-0.25, -0.2) is 0 Å². The van der Waals surface area contributed by atoms with Gasteiger partial charge in [-0.15, -0.1) is 0 Å². The van der Waals surface area contributed by atoms with Crippen LogP contribution in [-0.2, 0) is 4.79 Å². The third-order valence-electron chi connectivity index (χ3n) is 8.55. The lowest BCUT2D eigenvalue weighted by molar-refractivity contribution is -0.161. The van der Waals surface area contributed by atoms with Gasteiger partial charge in [-0.2, -0.15) is 0 Å². The zero-order chi connectivity index (χ0) is 18.3. The average molecular weight is 350 g/mol. The summed E-state index contributed by atoms with van der Waals surface area (Å²) in [4.78, 5) is 12.1. The molecule has 6 unspecified atom stereocenters. The van der Waals surface area contributed by atoms with Gasteiger partial charge in [0.05, 0.1) is 17.6 Å². The number of carboxylic acids is 1. The summed E-state index contributed by atoms with van der Waals surface area (Å²) >= 11 is 0. The third-order valence-corrected chi connectivity index (χ3v) is 8.55. The number of hydrogen-bond acceptors (Lipinski definition) is 4. The lowest BCUT2D eigenvalue weighted by Gasteiger charge is -2.60. The maximum atomic E-state index is 12.1. The second-order valence-electron chi connectivity index (χ2n) is 9.76. The molecule has 0 aromatic rings. The zero-order valence-electron chi connectivity index (χ0n) is 15.2. The first-order valence-electron chi connectivity index (χ1n) is 9.56. The first kappa shape index (κ1) is 17.5. The van der Waals surface area contributed by atoms with E-state index in [2.05, 4.69) is 13.0 Å². The van der Waals surface area contributed by atoms with Crippen LogP contribution in [0.2, 0.25) is 0 Å². The normalized spacial score (nSPS) is 54.4. The topological polar surface area (TPSA) is 98.0 Å². The molecule has 4 N–H and O–H groups in total. The predicted molar refractivity (Wildman–Crippen MR) is 91.8 cm³/mol. The molecule has 0 radical (unpaired) electrons. The van der Waals surface area contributed by atoms with Crippen LogP contribution in [0.4, 0.5) is 0 Å². The number of aliphatic carboxylic acids is 1. The average Bonchev–Trinajstić information content (AvgIpc) is 2.69. The number of allylic oxidation sites excluding steroid dienone is 1. The Hall–Kier alpha value is -0.910. The molecule has 0 heterocycles. The number of carboxylic acid groups (broad SMARTS) is 1. The number of carbonyl (C=O) groups is 1. The van der Waals surface area contributed by atoms with Crippen molar-refractivity contribution < 1.29 is 25.2 Å². The summed E-state index contributed by atoms with van der Waals surface area (Å²) in [7, 11) is 0. The molecule has 4 aliphatic carbocycles. The van der Waals surface area contributed by atoms with Gasteiger partial charge in [-0.3, -0.25) is 4.79 Å². The summed E-state index contributed by atoms with van der Waals surface area (Å²) in [5.41, 5.74) is -2.69. The number of rotatable bonds is 2. The van der Waals surface area contributed by atoms with Crippen molar-refractivity contribution in [1.82, 2.24) is 0 Å². The first-order valence-corrected chi connectivity index (χ1v) is 9.56. The Morgan fingerprint density at radius 2 is 1.92 bits per heavy atom. The Bertz CT molecular complexity index is 658. The monoisotopic (exact) mass is 350 g/mol. The van der Waals surface area contributed by atoms with Crippen molar-refractivity contribution >= 4 is 5.97 Å². The van der Waals surface area contributed by atoms with Gasteiger partial charge < -0.3 is 20.4 Å². The van der Waals surface area contributed by atoms with Crippen LogP contribution in [0.15, 0.2) is 11.6 Å². The van der Waals surface area contributed by atoms with Crippen molar-refractivity contribution in [3.63, 3.8) is 0 Å². The molecule has 0 aliphatic heterocycles. The van der Waals surface area contributed by atoms with E-state index in [0.29, 0.717) is 25.7 Å². The van der Waals surface area contributed by atoms with E-state index >= 15 is 0 Å². The van der Waals surface area contributed by atoms with Gasteiger partial charge in [0.1, 0.15) is 5.60 Å². The number of aliphatic hydroxyl groups excluding tert-OH is 1. The molecular formula is C20H30O5. The summed E-state index contributed by atoms with van der Waals surface area (Å²) in [5, 5.41) is 41.6. The van der Waals surface area contributed by atoms with Crippen LogP contribution >= 0.6 is 0 Å². The highest BCUT2D eigenvalue weighted by molar-refractivity contribution is 5.75. The Labute approximate surface area is 148 Å². The molecule has 3 fully saturated rings. The highest BCUT2D eigenvalue weighted by Crippen LogP contribution is 2.71. The van der Waals surface area contributed by atoms with E-state index in [1.807, 2.05) is 6.92 Å². The summed E-state index contributed by atoms with van der Waals surface area (Å²) < 4.78 is 0. The number of aliphatic hydroxyl groups is 3. The van der Waals surface area contributed by atoms with E-state index in [9.17, 15) is 25.2 Å². The Morgan fingerprint density at radius 3 is 2.56 bits per heavy atom. The van der Waals surface area contributed by atoms with E-state index in [1.165, 1.54) is 5.57 Å². The Balaban J connectivity index is 1.80. The SMILES string of the molecule is CC1(C(=O)O)CCCC2(C)C3=CCC4(O)CC3(CCC12)CC4(O)CO. The van der Waals surface area contributed by atoms with E-state index in [0.717, 1.165) is 25.7 Å². The summed E-state index contributed by atoms with van der Waals surface area (Å²) in [5.74, 6) is -0.622. The molecule has 4 rings (SSSR count). The fraction of sp³-hybridized carbons (Fsp3) is 0.850. The van der Waals surface area contributed by atoms with Gasteiger partial charge in [0, 0.05) is 0 Å². The summed E-state index contributed by atoms with van der Waals surface area (Å²) in [6.45, 7) is 3.67. The van der Waals surface area contributed by atoms with E-state index in [1.54, 1.807) is 0 Å². The van der Waals surface area contributed by atoms with Gasteiger partial charge in [-0.05, 0) is 68.6 Å². The van der Waals surface area contributed by atoms with Crippen LogP contribution in [-0.4, -0.2) is 44.2 Å². The van der Waals surface area contributed by atoms with Crippen molar-refractivity contribution in [2.75, 3.05) is 6.61 Å². The van der Waals surface area contributed by atoms with Crippen LogP contribution < -0.4 is 0 Å². The van der Waals surface area contributed by atoms with Crippen molar-refractivity contribution in [2.24, 2.45) is 22.2 Å². The van der Waals surface area contributed by atoms with Crippen molar-refractivity contribution in [3.05, 3.63) is 11.6 Å². The van der Waals surface area contributed by atoms with Crippen LogP contribution in [0, 0.1) is 22.2 Å². The summed E-state index contributed by atoms with van der Waals surface area (Å²) in [6, 6.07) is 0. The third kappa shape index (κ3) is 1.92. The minimum atomic E-state index is -1.46. The van der Waals surface area contributed by atoms with Gasteiger partial charge in [0.2, 0.25) is 0 Å². The highest BCUT2D eigenvalue weighted by atomic mass is 16.4. The van der Waals surface area contributed by atoms with Gasteiger partial charge in [0.25, 0.3) is 0 Å². The maximum absolute atomic E-state index is 12.1. The minimum absolute atomic E-state index is 0.0807. The lowest BCUT2D eigenvalue weighted by Crippen LogP contribution is -2.55. The minimum Gasteiger partial charge on any atom is -0.481 e. The van der Waals surface area contributed by atoms with Crippen molar-refractivity contribution in [3.8, 4) is 0 Å². The second-order valence-corrected chi connectivity index (χ2v) is 9.76. The molecular weight excluding hydrogens is 320 g/mol. The predicted octanol–water partition coefficient (Wildman–Crippen LogP) is 2.24. The van der Waals surface area contributed by atoms with Crippen LogP contribution in [0.3, 0.4) is 0 Å². The Kier molecular flexibility index (Phi) is 3.41. The molecule has 5 heteroatoms. The molecule has 0 amide bonds. The lowest BCUT2D eigenvalue weighted by atomic mass is 9.44. The largest absolute Gasteiger partial charge is 0.481 e. The molecule has 4 aliphatic rings. The van der Waals surface area contributed by atoms with Crippen LogP contribution in [0.1, 0.15) is 65.2 Å². The van der Waals surface area contributed by atoms with Gasteiger partial charge in [0.15, 0.2) is 0 Å². The second kappa shape index (κ2) is 4.87. The molecule has 0 aromatic heterocycles. The maximum Gasteiger partial charge on any atom is 0.309 e. The zero-order valence-corrected chi connectivity index (χ0v) is 15.2. The van der Waals surface area contributed by atoms with Crippen molar-refractivity contribution in [2.45, 2.75) is 76.4 Å². The molecule has 0 saturated heterocycles. The molecule has 25 heavy (non-hydrogen) atoms. The van der Waals surface area contributed by atoms with E-state index in [-0.39, 0.29) is 16.7 Å². The fourth-order valence-electron chi connectivity index (χ4n) is 7.32. The molecule has 1 spiro atoms. The molecule has 5 nitrogen and oxygen atoms in total. The Morgan fingerprint density at radius 1 is 1.20 bits per heavy atom. The standard InChI is InChI=1S/C20H30O5/c1-16-6-3-7-17(2,15(22)23)13(16)4-8-18-10-19(24,9-5-14(16)18)20(25,11-18)12-21/h5,13,21,24-25H,3-4,6-12H2,1-2H3,(H,22,23). The molecule has 140 valence electrons. The van der Waals surface area contributed by atoms with E-state index in [4.69, 9.17) is 0 Å². The van der Waals surface area contributed by atoms with Crippen LogP contribution in [0.25, 0.3) is 0 Å². The molecule has 3 saturated carbocycles. The van der Waals surface area contributed by atoms with Gasteiger partial charge in [-0.1, -0.05) is 25.0 Å². The van der Waals surface area contributed by atoms with E-state index < -0.39 is 29.2 Å². The fourth-order valence-corrected chi connectivity index (χ4v) is 7.32. The quantitative estimate of drug-likeness (QED) is 0.573. The number of fused-ring (bicyclic) bond motifs is 3. The molecule has 2 bridgehead atoms. The first-order chi connectivity index (χ1) is 11.6. The van der Waals surface area contributed by atoms with Crippen LogP contribution in [0.5, 0.6) is 0 Å². The van der Waals surface area contributed by atoms with Gasteiger partial charge >= 0.3 is 5.97 Å². The van der Waals surface area contributed by atoms with Crippen molar-refractivity contribution in [1.29, 1.82) is 0 Å². The number of hydrogen-bond donors (Lipinski definition) is 4. The summed E-state index contributed by atoms with van der Waals surface area (Å²) in [6.07, 6.45) is 7.43. The molecule has 0 aromatic carbocycles. The smallest absolute Gasteiger partial charge is 0.309 e. The molecule has 6 atom stereocenters. The highest BCUT2D eigenvalue weighted by Gasteiger charge is 2.70.